The fraction of sp³-hybridized carbons (Fsp3) is 0.0476. The number of nitrogens with zero attached hydrogens (tertiary/aromatic N) is 3. The lowest BCUT2D eigenvalue weighted by atomic mass is 10.1. The van der Waals surface area contributed by atoms with Gasteiger partial charge in [0.05, 0.1) is 11.0 Å². The summed E-state index contributed by atoms with van der Waals surface area (Å²) in [6, 6.07) is 20.8. The highest BCUT2D eigenvalue weighted by Crippen LogP contribution is 2.25. The van der Waals surface area contributed by atoms with Crippen LogP contribution in [-0.4, -0.2) is 19.5 Å². The third kappa shape index (κ3) is 2.48. The molecule has 0 saturated heterocycles. The van der Waals surface area contributed by atoms with E-state index >= 15 is 0 Å². The van der Waals surface area contributed by atoms with Gasteiger partial charge in [0.2, 0.25) is 0 Å². The maximum atomic E-state index is 4.69. The number of benzene rings is 2. The maximum absolute atomic E-state index is 4.69. The molecule has 0 fully saturated rings. The molecule has 3 heterocycles. The minimum absolute atomic E-state index is 0.821. The van der Waals surface area contributed by atoms with Crippen molar-refractivity contribution in [1.29, 1.82) is 0 Å². The summed E-state index contributed by atoms with van der Waals surface area (Å²) in [4.78, 5) is 12.3. The summed E-state index contributed by atoms with van der Waals surface area (Å²) in [5.41, 5.74) is 5.56. The standard InChI is InChI=1S/C21H16N4/c1-2-6-19-18(5-1)23-21(24-19)17-7-8-20-16(12-17)9-11-25(20)14-15-4-3-10-22-13-15/h1-13H,14H2,(H,23,24). The topological polar surface area (TPSA) is 46.5 Å². The molecule has 0 bridgehead atoms. The number of nitrogens with one attached hydrogen (secondary N) is 1. The minimum Gasteiger partial charge on any atom is -0.343 e. The fourth-order valence-corrected chi connectivity index (χ4v) is 3.26. The molecule has 0 saturated carbocycles. The Balaban J connectivity index is 1.54. The number of aromatic amines is 1. The van der Waals surface area contributed by atoms with Gasteiger partial charge in [-0.15, -0.1) is 0 Å². The van der Waals surface area contributed by atoms with Gasteiger partial charge in [0.25, 0.3) is 0 Å². The van der Waals surface area contributed by atoms with Gasteiger partial charge in [-0.05, 0) is 48.0 Å². The van der Waals surface area contributed by atoms with Crippen LogP contribution in [0.25, 0.3) is 33.3 Å². The molecule has 3 aromatic heterocycles. The molecular weight excluding hydrogens is 308 g/mol. The van der Waals surface area contributed by atoms with E-state index in [1.807, 2.05) is 30.5 Å². The zero-order chi connectivity index (χ0) is 16.6. The summed E-state index contributed by atoms with van der Waals surface area (Å²) in [6.45, 7) is 0.821. The Morgan fingerprint density at radius 3 is 2.80 bits per heavy atom. The third-order valence-electron chi connectivity index (χ3n) is 4.51. The lowest BCUT2D eigenvalue weighted by Crippen LogP contribution is -1.97. The predicted octanol–water partition coefficient (Wildman–Crippen LogP) is 4.63. The van der Waals surface area contributed by atoms with Gasteiger partial charge in [0, 0.05) is 41.6 Å². The Hall–Kier alpha value is -3.40. The molecule has 5 rings (SSSR count). The number of aromatic nitrogens is 4. The van der Waals surface area contributed by atoms with E-state index in [-0.39, 0.29) is 0 Å². The number of fused-ring (bicyclic) bond motifs is 2. The maximum Gasteiger partial charge on any atom is 0.138 e. The van der Waals surface area contributed by atoms with E-state index < -0.39 is 0 Å². The van der Waals surface area contributed by atoms with Crippen LogP contribution in [0.5, 0.6) is 0 Å². The van der Waals surface area contributed by atoms with Gasteiger partial charge in [-0.3, -0.25) is 4.98 Å². The molecule has 0 aliphatic rings. The van der Waals surface area contributed by atoms with Gasteiger partial charge in [0.1, 0.15) is 5.82 Å². The summed E-state index contributed by atoms with van der Waals surface area (Å²) in [6.07, 6.45) is 5.84. The number of H-pyrrole nitrogens is 1. The molecule has 5 aromatic rings. The van der Waals surface area contributed by atoms with Crippen molar-refractivity contribution >= 4 is 21.9 Å². The lowest BCUT2D eigenvalue weighted by molar-refractivity contribution is 0.832. The second-order valence-corrected chi connectivity index (χ2v) is 6.18. The van der Waals surface area contributed by atoms with Crippen molar-refractivity contribution in [2.45, 2.75) is 6.54 Å². The van der Waals surface area contributed by atoms with Crippen LogP contribution in [0.4, 0.5) is 0 Å². The van der Waals surface area contributed by atoms with E-state index in [0.717, 1.165) is 29.0 Å². The van der Waals surface area contributed by atoms with Crippen LogP contribution < -0.4 is 0 Å². The van der Waals surface area contributed by atoms with Gasteiger partial charge >= 0.3 is 0 Å². The van der Waals surface area contributed by atoms with Crippen LogP contribution in [0.2, 0.25) is 0 Å². The Morgan fingerprint density at radius 1 is 0.960 bits per heavy atom. The van der Waals surface area contributed by atoms with Crippen LogP contribution in [0, 0.1) is 0 Å². The summed E-state index contributed by atoms with van der Waals surface area (Å²) >= 11 is 0. The van der Waals surface area contributed by atoms with Crippen molar-refractivity contribution in [2.24, 2.45) is 0 Å². The highest BCUT2D eigenvalue weighted by Gasteiger charge is 2.08. The predicted molar refractivity (Wildman–Crippen MR) is 100 cm³/mol. The van der Waals surface area contributed by atoms with Gasteiger partial charge < -0.3 is 9.55 Å². The van der Waals surface area contributed by atoms with E-state index in [0.29, 0.717) is 0 Å². The number of imidazole rings is 1. The van der Waals surface area contributed by atoms with Crippen molar-refractivity contribution < 1.29 is 0 Å². The third-order valence-corrected chi connectivity index (χ3v) is 4.51. The van der Waals surface area contributed by atoms with Crippen molar-refractivity contribution in [3.05, 3.63) is 84.8 Å². The highest BCUT2D eigenvalue weighted by atomic mass is 15.0. The first kappa shape index (κ1) is 14.0. The van der Waals surface area contributed by atoms with Crippen LogP contribution in [0.15, 0.2) is 79.3 Å². The normalized spacial score (nSPS) is 11.4. The molecule has 0 spiro atoms. The van der Waals surface area contributed by atoms with Crippen LogP contribution >= 0.6 is 0 Å². The molecule has 1 N–H and O–H groups in total. The first-order valence-electron chi connectivity index (χ1n) is 8.30. The van der Waals surface area contributed by atoms with Crippen LogP contribution in [0.3, 0.4) is 0 Å². The SMILES string of the molecule is c1cncc(Cn2ccc3cc(-c4nc5ccccc5[nH]4)ccc32)c1. The average Bonchev–Trinajstić information content (AvgIpc) is 3.26. The van der Waals surface area contributed by atoms with E-state index in [4.69, 9.17) is 4.98 Å². The minimum atomic E-state index is 0.821. The second kappa shape index (κ2) is 5.60. The number of hydrogen-bond donors (Lipinski definition) is 1. The molecule has 120 valence electrons. The molecule has 0 aliphatic heterocycles. The van der Waals surface area contributed by atoms with Crippen LogP contribution in [-0.2, 0) is 6.54 Å². The molecule has 0 unspecified atom stereocenters. The molecule has 25 heavy (non-hydrogen) atoms. The number of para-hydroxylation sites is 2. The Morgan fingerprint density at radius 2 is 1.92 bits per heavy atom. The van der Waals surface area contributed by atoms with Crippen molar-refractivity contribution in [3.63, 3.8) is 0 Å². The largest absolute Gasteiger partial charge is 0.343 e. The van der Waals surface area contributed by atoms with Gasteiger partial charge in [-0.25, -0.2) is 4.98 Å². The quantitative estimate of drug-likeness (QED) is 0.526. The van der Waals surface area contributed by atoms with Crippen molar-refractivity contribution in [2.75, 3.05) is 0 Å². The summed E-state index contributed by atoms with van der Waals surface area (Å²) in [7, 11) is 0. The summed E-state index contributed by atoms with van der Waals surface area (Å²) in [5.74, 6) is 0.906. The molecule has 0 aliphatic carbocycles. The number of hydrogen-bond acceptors (Lipinski definition) is 2. The Kier molecular flexibility index (Phi) is 3.13. The van der Waals surface area contributed by atoms with E-state index in [1.54, 1.807) is 6.20 Å². The molecule has 4 heteroatoms. The van der Waals surface area contributed by atoms with E-state index in [9.17, 15) is 0 Å². The Bertz CT molecular complexity index is 1140. The Labute approximate surface area is 144 Å². The number of pyridine rings is 1. The van der Waals surface area contributed by atoms with Gasteiger partial charge in [-0.2, -0.15) is 0 Å². The molecular formula is C21H16N4. The van der Waals surface area contributed by atoms with Gasteiger partial charge in [0.15, 0.2) is 0 Å². The molecule has 4 nitrogen and oxygen atoms in total. The van der Waals surface area contributed by atoms with Crippen LogP contribution in [0.1, 0.15) is 5.56 Å². The first-order chi connectivity index (χ1) is 12.4. The smallest absolute Gasteiger partial charge is 0.138 e. The molecule has 2 aromatic carbocycles. The van der Waals surface area contributed by atoms with Crippen molar-refractivity contribution in [1.82, 2.24) is 19.5 Å². The summed E-state index contributed by atoms with van der Waals surface area (Å²) < 4.78 is 2.24. The zero-order valence-corrected chi connectivity index (χ0v) is 13.6. The fourth-order valence-electron chi connectivity index (χ4n) is 3.26. The zero-order valence-electron chi connectivity index (χ0n) is 13.6. The van der Waals surface area contributed by atoms with E-state index in [1.165, 1.54) is 16.5 Å². The monoisotopic (exact) mass is 324 g/mol. The summed E-state index contributed by atoms with van der Waals surface area (Å²) in [5, 5.41) is 1.21. The molecule has 0 radical (unpaired) electrons. The van der Waals surface area contributed by atoms with E-state index in [2.05, 4.69) is 57.1 Å². The molecule has 0 atom stereocenters. The lowest BCUT2D eigenvalue weighted by Gasteiger charge is -2.06. The average molecular weight is 324 g/mol. The second-order valence-electron chi connectivity index (χ2n) is 6.18. The molecule has 0 amide bonds. The van der Waals surface area contributed by atoms with Crippen molar-refractivity contribution in [3.8, 4) is 11.4 Å². The first-order valence-corrected chi connectivity index (χ1v) is 8.30. The highest BCUT2D eigenvalue weighted by molar-refractivity contribution is 5.86. The number of rotatable bonds is 3. The van der Waals surface area contributed by atoms with Gasteiger partial charge in [-0.1, -0.05) is 18.2 Å².